The molecule has 4 aromatic rings. The smallest absolute Gasteiger partial charge is 0.253 e. The van der Waals surface area contributed by atoms with Gasteiger partial charge in [-0.2, -0.15) is 0 Å². The lowest BCUT2D eigenvalue weighted by Gasteiger charge is -2.18. The van der Waals surface area contributed by atoms with Crippen LogP contribution in [0.15, 0.2) is 85.1 Å². The summed E-state index contributed by atoms with van der Waals surface area (Å²) < 4.78 is 5.89. The fourth-order valence-corrected chi connectivity index (χ4v) is 3.98. The van der Waals surface area contributed by atoms with Crippen molar-refractivity contribution in [1.82, 2.24) is 10.3 Å². The number of nitrogens with one attached hydrogen (secondary N) is 2. The van der Waals surface area contributed by atoms with Gasteiger partial charge in [0.25, 0.3) is 5.91 Å². The number of nitrogens with zero attached hydrogens (tertiary/aromatic N) is 1. The minimum absolute atomic E-state index is 0.0277. The highest BCUT2D eigenvalue weighted by Crippen LogP contribution is 2.32. The molecule has 6 heteroatoms. The molecule has 0 saturated heterocycles. The first kappa shape index (κ1) is 22.6. The Labute approximate surface area is 204 Å². The van der Waals surface area contributed by atoms with E-state index < -0.39 is 0 Å². The van der Waals surface area contributed by atoms with Crippen LogP contribution in [0, 0.1) is 5.92 Å². The molecule has 0 spiro atoms. The fourth-order valence-electron chi connectivity index (χ4n) is 3.98. The molecule has 1 fully saturated rings. The van der Waals surface area contributed by atoms with Gasteiger partial charge in [-0.1, -0.05) is 42.5 Å². The number of carbonyl (C=O) groups excluding carboxylic acids is 2. The molecule has 0 aliphatic heterocycles. The molecular formula is C29H27N3O3. The van der Waals surface area contributed by atoms with Gasteiger partial charge in [-0.15, -0.1) is 0 Å². The number of rotatable bonds is 8. The summed E-state index contributed by atoms with van der Waals surface area (Å²) in [4.78, 5) is 30.1. The topological polar surface area (TPSA) is 80.3 Å². The van der Waals surface area contributed by atoms with E-state index in [1.54, 1.807) is 6.20 Å². The molecule has 0 radical (unpaired) electrons. The lowest BCUT2D eigenvalue weighted by Crippen LogP contribution is -2.28. The van der Waals surface area contributed by atoms with Gasteiger partial charge >= 0.3 is 0 Å². The van der Waals surface area contributed by atoms with Crippen molar-refractivity contribution in [2.45, 2.75) is 32.4 Å². The number of anilines is 1. The maximum absolute atomic E-state index is 13.4. The standard InChI is InChI=1S/C29H27N3O3/c1-19(21-9-6-11-25(15-21)35-18-24-10-4-5-14-30-24)31-29(34)26-16-22-7-2-3-8-23(22)17-27(26)32-28(33)20-12-13-20/h2-11,14-17,19-20H,12-13,18H2,1H3,(H,31,34)(H,32,33). The molecule has 1 saturated carbocycles. The van der Waals surface area contributed by atoms with E-state index in [0.717, 1.165) is 34.9 Å². The molecule has 1 unspecified atom stereocenters. The van der Waals surface area contributed by atoms with E-state index in [1.165, 1.54) is 0 Å². The summed E-state index contributed by atoms with van der Waals surface area (Å²) in [6.45, 7) is 2.30. The third-order valence-electron chi connectivity index (χ3n) is 6.16. The molecule has 176 valence electrons. The number of amides is 2. The summed E-state index contributed by atoms with van der Waals surface area (Å²) in [5.41, 5.74) is 2.75. The third kappa shape index (κ3) is 5.49. The van der Waals surface area contributed by atoms with Gasteiger partial charge in [0.15, 0.2) is 0 Å². The monoisotopic (exact) mass is 465 g/mol. The van der Waals surface area contributed by atoms with Crippen LogP contribution < -0.4 is 15.4 Å². The van der Waals surface area contributed by atoms with E-state index >= 15 is 0 Å². The van der Waals surface area contributed by atoms with Crippen molar-refractivity contribution in [2.24, 2.45) is 5.92 Å². The molecule has 1 heterocycles. The highest BCUT2D eigenvalue weighted by Gasteiger charge is 2.30. The number of fused-ring (bicyclic) bond motifs is 1. The Bertz CT molecular complexity index is 1370. The van der Waals surface area contributed by atoms with Gasteiger partial charge in [0, 0.05) is 12.1 Å². The summed E-state index contributed by atoms with van der Waals surface area (Å²) in [5, 5.41) is 7.97. The number of aromatic nitrogens is 1. The van der Waals surface area contributed by atoms with Crippen LogP contribution in [-0.2, 0) is 11.4 Å². The Morgan fingerprint density at radius 3 is 2.49 bits per heavy atom. The van der Waals surface area contributed by atoms with Crippen molar-refractivity contribution < 1.29 is 14.3 Å². The second-order valence-electron chi connectivity index (χ2n) is 8.89. The zero-order valence-corrected chi connectivity index (χ0v) is 19.5. The van der Waals surface area contributed by atoms with E-state index in [0.29, 0.717) is 23.6 Å². The first-order chi connectivity index (χ1) is 17.1. The van der Waals surface area contributed by atoms with Gasteiger partial charge in [-0.05, 0) is 72.5 Å². The summed E-state index contributed by atoms with van der Waals surface area (Å²) in [7, 11) is 0. The van der Waals surface area contributed by atoms with Crippen LogP contribution in [-0.4, -0.2) is 16.8 Å². The van der Waals surface area contributed by atoms with Crippen molar-refractivity contribution in [1.29, 1.82) is 0 Å². The van der Waals surface area contributed by atoms with Crippen LogP contribution in [0.5, 0.6) is 5.75 Å². The highest BCUT2D eigenvalue weighted by molar-refractivity contribution is 6.08. The second-order valence-corrected chi connectivity index (χ2v) is 8.89. The van der Waals surface area contributed by atoms with Gasteiger partial charge in [-0.3, -0.25) is 14.6 Å². The van der Waals surface area contributed by atoms with Crippen molar-refractivity contribution in [3.05, 3.63) is 102 Å². The van der Waals surface area contributed by atoms with Gasteiger partial charge < -0.3 is 15.4 Å². The molecule has 3 aromatic carbocycles. The molecule has 1 aliphatic rings. The van der Waals surface area contributed by atoms with Crippen LogP contribution in [0.1, 0.15) is 47.4 Å². The minimum atomic E-state index is -0.264. The Morgan fingerprint density at radius 1 is 0.971 bits per heavy atom. The van der Waals surface area contributed by atoms with E-state index in [2.05, 4.69) is 15.6 Å². The van der Waals surface area contributed by atoms with Gasteiger partial charge in [0.05, 0.1) is 23.0 Å². The van der Waals surface area contributed by atoms with Crippen molar-refractivity contribution in [3.63, 3.8) is 0 Å². The zero-order valence-electron chi connectivity index (χ0n) is 19.5. The van der Waals surface area contributed by atoms with Gasteiger partial charge in [-0.25, -0.2) is 0 Å². The predicted octanol–water partition coefficient (Wildman–Crippen LogP) is 5.65. The predicted molar refractivity (Wildman–Crippen MR) is 136 cm³/mol. The van der Waals surface area contributed by atoms with Crippen LogP contribution >= 0.6 is 0 Å². The Kier molecular flexibility index (Phi) is 6.44. The van der Waals surface area contributed by atoms with E-state index in [9.17, 15) is 9.59 Å². The normalized spacial score (nSPS) is 13.7. The third-order valence-corrected chi connectivity index (χ3v) is 6.16. The Morgan fingerprint density at radius 2 is 1.74 bits per heavy atom. The summed E-state index contributed by atoms with van der Waals surface area (Å²) in [5.74, 6) is 0.483. The average molecular weight is 466 g/mol. The largest absolute Gasteiger partial charge is 0.487 e. The first-order valence-electron chi connectivity index (χ1n) is 11.8. The van der Waals surface area contributed by atoms with Crippen molar-refractivity contribution >= 4 is 28.3 Å². The molecule has 6 nitrogen and oxygen atoms in total. The van der Waals surface area contributed by atoms with Crippen molar-refractivity contribution in [2.75, 3.05) is 5.32 Å². The second kappa shape index (κ2) is 9.97. The molecule has 2 amide bonds. The Balaban J connectivity index is 1.33. The SMILES string of the molecule is CC(NC(=O)c1cc2ccccc2cc1NC(=O)C1CC1)c1cccc(OCc2ccccn2)c1. The molecular weight excluding hydrogens is 438 g/mol. The number of carbonyl (C=O) groups is 2. The van der Waals surface area contributed by atoms with E-state index in [1.807, 2.05) is 85.8 Å². The zero-order chi connectivity index (χ0) is 24.2. The first-order valence-corrected chi connectivity index (χ1v) is 11.8. The van der Waals surface area contributed by atoms with Crippen molar-refractivity contribution in [3.8, 4) is 5.75 Å². The van der Waals surface area contributed by atoms with E-state index in [4.69, 9.17) is 4.74 Å². The molecule has 1 aromatic heterocycles. The average Bonchev–Trinajstić information content (AvgIpc) is 3.74. The number of ether oxygens (including phenoxy) is 1. The van der Waals surface area contributed by atoms with Crippen LogP contribution in [0.4, 0.5) is 5.69 Å². The van der Waals surface area contributed by atoms with Gasteiger partial charge in [0.1, 0.15) is 12.4 Å². The number of pyridine rings is 1. The summed E-state index contributed by atoms with van der Waals surface area (Å²) >= 11 is 0. The molecule has 2 N–H and O–H groups in total. The van der Waals surface area contributed by atoms with Crippen LogP contribution in [0.2, 0.25) is 0 Å². The number of benzene rings is 3. The lowest BCUT2D eigenvalue weighted by molar-refractivity contribution is -0.117. The number of hydrogen-bond donors (Lipinski definition) is 2. The highest BCUT2D eigenvalue weighted by atomic mass is 16.5. The maximum Gasteiger partial charge on any atom is 0.253 e. The maximum atomic E-state index is 13.4. The molecule has 35 heavy (non-hydrogen) atoms. The molecule has 0 bridgehead atoms. The Hall–Kier alpha value is -4.19. The quantitative estimate of drug-likeness (QED) is 0.352. The van der Waals surface area contributed by atoms with E-state index in [-0.39, 0.29) is 23.8 Å². The molecule has 5 rings (SSSR count). The molecule has 1 aliphatic carbocycles. The number of hydrogen-bond acceptors (Lipinski definition) is 4. The summed E-state index contributed by atoms with van der Waals surface area (Å²) in [6, 6.07) is 24.6. The minimum Gasteiger partial charge on any atom is -0.487 e. The van der Waals surface area contributed by atoms with Gasteiger partial charge in [0.2, 0.25) is 5.91 Å². The molecule has 1 atom stereocenters. The fraction of sp³-hybridized carbons (Fsp3) is 0.207. The van der Waals surface area contributed by atoms with Crippen LogP contribution in [0.25, 0.3) is 10.8 Å². The summed E-state index contributed by atoms with van der Waals surface area (Å²) in [6.07, 6.45) is 3.54. The van der Waals surface area contributed by atoms with Crippen LogP contribution in [0.3, 0.4) is 0 Å². The lowest BCUT2D eigenvalue weighted by atomic mass is 10.0.